The van der Waals surface area contributed by atoms with Gasteiger partial charge in [0.15, 0.2) is 11.5 Å². The van der Waals surface area contributed by atoms with Gasteiger partial charge in [0.1, 0.15) is 23.0 Å². The van der Waals surface area contributed by atoms with Crippen molar-refractivity contribution in [1.82, 2.24) is 0 Å². The molecule has 268 valence electrons. The summed E-state index contributed by atoms with van der Waals surface area (Å²) in [5.41, 5.74) is 2.92. The molecule has 0 aliphatic heterocycles. The molecule has 0 heterocycles. The Bertz CT molecular complexity index is 2070. The van der Waals surface area contributed by atoms with Crippen molar-refractivity contribution in [2.45, 2.75) is 19.3 Å². The first-order valence-electron chi connectivity index (χ1n) is 16.1. The van der Waals surface area contributed by atoms with Crippen LogP contribution in [0.5, 0.6) is 34.5 Å². The lowest BCUT2D eigenvalue weighted by Crippen LogP contribution is -2.18. The van der Waals surface area contributed by atoms with E-state index in [2.05, 4.69) is 24.5 Å². The number of halogens is 4. The van der Waals surface area contributed by atoms with Crippen LogP contribution in [0.3, 0.4) is 0 Å². The summed E-state index contributed by atoms with van der Waals surface area (Å²) in [4.78, 5) is 24.6. The van der Waals surface area contributed by atoms with Gasteiger partial charge in [-0.2, -0.15) is 0 Å². The van der Waals surface area contributed by atoms with Crippen LogP contribution in [0, 0.1) is 0 Å². The lowest BCUT2D eigenvalue weighted by atomic mass is 9.78. The summed E-state index contributed by atoms with van der Waals surface area (Å²) in [5.74, 6) is 2.92. The monoisotopic (exact) mass is 786 g/mol. The maximum atomic E-state index is 12.3. The zero-order chi connectivity index (χ0) is 37.5. The number of carbonyl (C=O) groups is 2. The molecule has 2 N–H and O–H groups in total. The van der Waals surface area contributed by atoms with E-state index >= 15 is 0 Å². The van der Waals surface area contributed by atoms with Crippen molar-refractivity contribution in [2.24, 2.45) is 0 Å². The zero-order valence-electron chi connectivity index (χ0n) is 28.2. The SMILES string of the molecule is CC(C)(c1ccc(Oc2ccc(NC(=O)Oc3ccc(Cl)cc3Cl)cc2)cc1)c1ccc(Oc2ccc(NC(=O)Oc3ccc(Cl)cc3Cl)cc2)cc1. The Morgan fingerprint density at radius 1 is 0.472 bits per heavy atom. The number of hydrogen-bond donors (Lipinski definition) is 2. The van der Waals surface area contributed by atoms with Crippen molar-refractivity contribution >= 4 is 70.0 Å². The fraction of sp³-hybridized carbons (Fsp3) is 0.0732. The third-order valence-corrected chi connectivity index (χ3v) is 9.08. The minimum atomic E-state index is -0.688. The highest BCUT2D eigenvalue weighted by atomic mass is 35.5. The summed E-state index contributed by atoms with van der Waals surface area (Å²) in [6, 6.07) is 38.8. The minimum absolute atomic E-state index is 0.199. The quantitative estimate of drug-likeness (QED) is 0.144. The molecule has 0 saturated heterocycles. The average Bonchev–Trinajstić information content (AvgIpc) is 3.13. The Kier molecular flexibility index (Phi) is 11.7. The number of anilines is 2. The van der Waals surface area contributed by atoms with Crippen LogP contribution in [-0.4, -0.2) is 12.2 Å². The first-order chi connectivity index (χ1) is 25.4. The second-order valence-electron chi connectivity index (χ2n) is 12.1. The summed E-state index contributed by atoms with van der Waals surface area (Å²) in [7, 11) is 0. The van der Waals surface area contributed by atoms with Crippen LogP contribution in [0.2, 0.25) is 20.1 Å². The van der Waals surface area contributed by atoms with Crippen molar-refractivity contribution in [3.63, 3.8) is 0 Å². The second-order valence-corrected chi connectivity index (χ2v) is 13.8. The first kappa shape index (κ1) is 37.4. The van der Waals surface area contributed by atoms with Crippen LogP contribution in [0.1, 0.15) is 25.0 Å². The van der Waals surface area contributed by atoms with E-state index in [1.807, 2.05) is 48.5 Å². The number of hydrogen-bond acceptors (Lipinski definition) is 6. The number of rotatable bonds is 10. The van der Waals surface area contributed by atoms with E-state index in [1.54, 1.807) is 60.7 Å². The first-order valence-corrected chi connectivity index (χ1v) is 17.6. The third-order valence-electron chi connectivity index (χ3n) is 8.02. The van der Waals surface area contributed by atoms with Crippen LogP contribution in [-0.2, 0) is 5.41 Å². The third kappa shape index (κ3) is 9.94. The summed E-state index contributed by atoms with van der Waals surface area (Å²) < 4.78 is 22.6. The number of amides is 2. The van der Waals surface area contributed by atoms with Gasteiger partial charge in [-0.15, -0.1) is 0 Å². The van der Waals surface area contributed by atoms with Crippen molar-refractivity contribution in [3.05, 3.63) is 165 Å². The Morgan fingerprint density at radius 3 is 1.11 bits per heavy atom. The molecular weight excluding hydrogens is 758 g/mol. The summed E-state index contributed by atoms with van der Waals surface area (Å²) >= 11 is 23.9. The molecule has 0 fully saturated rings. The summed E-state index contributed by atoms with van der Waals surface area (Å²) in [6.07, 6.45) is -1.38. The molecule has 6 aromatic rings. The van der Waals surface area contributed by atoms with Gasteiger partial charge in [-0.25, -0.2) is 9.59 Å². The molecule has 0 aromatic heterocycles. The van der Waals surface area contributed by atoms with Gasteiger partial charge in [-0.05, 0) is 120 Å². The van der Waals surface area contributed by atoms with Gasteiger partial charge in [-0.3, -0.25) is 10.6 Å². The van der Waals surface area contributed by atoms with Gasteiger partial charge < -0.3 is 18.9 Å². The van der Waals surface area contributed by atoms with Crippen molar-refractivity contribution < 1.29 is 28.5 Å². The van der Waals surface area contributed by atoms with E-state index in [4.69, 9.17) is 65.4 Å². The lowest BCUT2D eigenvalue weighted by Gasteiger charge is -2.26. The van der Waals surface area contributed by atoms with E-state index in [9.17, 15) is 9.59 Å². The number of nitrogens with one attached hydrogen (secondary N) is 2. The van der Waals surface area contributed by atoms with Crippen LogP contribution in [0.4, 0.5) is 21.0 Å². The molecule has 0 radical (unpaired) electrons. The molecule has 0 unspecified atom stereocenters. The fourth-order valence-corrected chi connectivity index (χ4v) is 6.03. The standard InChI is InChI=1S/C41H30Cl4N2O6/c1-41(2,25-3-13-31(14-4-25)50-33-17-9-29(10-18-33)46-39(48)52-37-21-7-27(42)23-35(37)44)26-5-15-32(16-6-26)51-34-19-11-30(12-20-34)47-40(49)53-38-22-8-28(43)24-36(38)45/h3-24H,1-2H3,(H,46,48)(H,47,49). The maximum absolute atomic E-state index is 12.3. The van der Waals surface area contributed by atoms with Crippen LogP contribution in [0.25, 0.3) is 0 Å². The maximum Gasteiger partial charge on any atom is 0.417 e. The Labute approximate surface area is 326 Å². The minimum Gasteiger partial charge on any atom is -0.457 e. The molecule has 0 aliphatic carbocycles. The van der Waals surface area contributed by atoms with E-state index < -0.39 is 12.2 Å². The molecule has 12 heteroatoms. The number of benzene rings is 6. The molecule has 0 saturated carbocycles. The molecule has 6 aromatic carbocycles. The molecular formula is C41H30Cl4N2O6. The molecule has 0 spiro atoms. The van der Waals surface area contributed by atoms with Crippen molar-refractivity contribution in [2.75, 3.05) is 10.6 Å². The molecule has 0 atom stereocenters. The van der Waals surface area contributed by atoms with Gasteiger partial charge in [0, 0.05) is 26.8 Å². The van der Waals surface area contributed by atoms with Gasteiger partial charge in [0.25, 0.3) is 0 Å². The highest BCUT2D eigenvalue weighted by Gasteiger charge is 2.23. The van der Waals surface area contributed by atoms with Gasteiger partial charge >= 0.3 is 12.2 Å². The predicted molar refractivity (Wildman–Crippen MR) is 210 cm³/mol. The molecule has 8 nitrogen and oxygen atoms in total. The van der Waals surface area contributed by atoms with E-state index in [1.165, 1.54) is 24.3 Å². The average molecular weight is 789 g/mol. The Morgan fingerprint density at radius 2 is 0.792 bits per heavy atom. The second kappa shape index (κ2) is 16.5. The van der Waals surface area contributed by atoms with E-state index in [0.717, 1.165) is 11.1 Å². The molecule has 0 bridgehead atoms. The fourth-order valence-electron chi connectivity index (χ4n) is 5.13. The van der Waals surface area contributed by atoms with Gasteiger partial charge in [-0.1, -0.05) is 84.5 Å². The summed E-state index contributed by atoms with van der Waals surface area (Å²) in [5, 5.41) is 6.65. The van der Waals surface area contributed by atoms with E-state index in [-0.39, 0.29) is 27.0 Å². The van der Waals surface area contributed by atoms with Crippen LogP contribution >= 0.6 is 46.4 Å². The van der Waals surface area contributed by atoms with Crippen molar-refractivity contribution in [1.29, 1.82) is 0 Å². The predicted octanol–water partition coefficient (Wildman–Crippen LogP) is 13.4. The normalized spacial score (nSPS) is 11.0. The van der Waals surface area contributed by atoms with Gasteiger partial charge in [0.2, 0.25) is 0 Å². The van der Waals surface area contributed by atoms with Gasteiger partial charge in [0.05, 0.1) is 10.0 Å². The molecule has 2 amide bonds. The highest BCUT2D eigenvalue weighted by Crippen LogP contribution is 2.35. The van der Waals surface area contributed by atoms with E-state index in [0.29, 0.717) is 44.4 Å². The molecule has 6 rings (SSSR count). The Balaban J connectivity index is 0.997. The van der Waals surface area contributed by atoms with Crippen molar-refractivity contribution in [3.8, 4) is 34.5 Å². The zero-order valence-corrected chi connectivity index (χ0v) is 31.2. The largest absolute Gasteiger partial charge is 0.457 e. The Hall–Kier alpha value is -5.38. The molecule has 0 aliphatic rings. The topological polar surface area (TPSA) is 95.1 Å². The number of carbonyl (C=O) groups excluding carboxylic acids is 2. The van der Waals surface area contributed by atoms with Crippen LogP contribution < -0.4 is 29.6 Å². The van der Waals surface area contributed by atoms with Crippen LogP contribution in [0.15, 0.2) is 133 Å². The lowest BCUT2D eigenvalue weighted by molar-refractivity contribution is 0.214. The smallest absolute Gasteiger partial charge is 0.417 e. The number of ether oxygens (including phenoxy) is 4. The molecule has 53 heavy (non-hydrogen) atoms. The highest BCUT2D eigenvalue weighted by molar-refractivity contribution is 6.36. The summed E-state index contributed by atoms with van der Waals surface area (Å²) in [6.45, 7) is 4.29.